The quantitative estimate of drug-likeness (QED) is 0.837. The van der Waals surface area contributed by atoms with Gasteiger partial charge in [0.15, 0.2) is 17.5 Å². The lowest BCUT2D eigenvalue weighted by atomic mass is 9.81. The van der Waals surface area contributed by atoms with Crippen LogP contribution in [0.1, 0.15) is 5.56 Å². The highest BCUT2D eigenvalue weighted by molar-refractivity contribution is 5.83. The fraction of sp³-hybridized carbons (Fsp3) is 0.500. The van der Waals surface area contributed by atoms with Crippen LogP contribution >= 0.6 is 0 Å². The molecule has 0 aromatic heterocycles. The van der Waals surface area contributed by atoms with Gasteiger partial charge in [0.25, 0.3) is 0 Å². The molecular weight excluding hydrogens is 325 g/mol. The number of carbonyl (C=O) groups excluding carboxylic acids is 1. The van der Waals surface area contributed by atoms with Crippen molar-refractivity contribution in [3.8, 4) is 0 Å². The minimum absolute atomic E-state index is 0.0231. The standard InChI is InChI=1S/C16H17F3N2O3/c1-20-5-10-6-21(8-16(10,7-20)15(23)24)13(22)4-9-2-11(17)14(19)12(18)3-9/h2-3,10H,4-8H2,1H3,(H,23,24)/t10-,16-/m0/s1. The summed E-state index contributed by atoms with van der Waals surface area (Å²) >= 11 is 0. The number of benzene rings is 1. The average Bonchev–Trinajstić information content (AvgIpc) is 2.98. The number of carbonyl (C=O) groups is 2. The van der Waals surface area contributed by atoms with Crippen LogP contribution in [0, 0.1) is 28.8 Å². The van der Waals surface area contributed by atoms with E-state index in [2.05, 4.69) is 0 Å². The number of aliphatic carboxylic acids is 1. The van der Waals surface area contributed by atoms with Gasteiger partial charge >= 0.3 is 5.97 Å². The van der Waals surface area contributed by atoms with E-state index in [1.165, 1.54) is 4.90 Å². The van der Waals surface area contributed by atoms with Crippen LogP contribution in [0.25, 0.3) is 0 Å². The van der Waals surface area contributed by atoms with Crippen molar-refractivity contribution in [3.63, 3.8) is 0 Å². The minimum atomic E-state index is -1.57. The van der Waals surface area contributed by atoms with E-state index in [1.54, 1.807) is 0 Å². The first kappa shape index (κ1) is 16.8. The highest BCUT2D eigenvalue weighted by Gasteiger charge is 2.57. The first-order valence-corrected chi connectivity index (χ1v) is 7.56. The van der Waals surface area contributed by atoms with Crippen LogP contribution in [-0.2, 0) is 16.0 Å². The number of halogens is 3. The monoisotopic (exact) mass is 342 g/mol. The summed E-state index contributed by atoms with van der Waals surface area (Å²) in [5.41, 5.74) is -0.973. The molecule has 2 fully saturated rings. The predicted molar refractivity (Wildman–Crippen MR) is 77.7 cm³/mol. The Labute approximate surface area is 136 Å². The lowest BCUT2D eigenvalue weighted by Crippen LogP contribution is -2.41. The first-order chi connectivity index (χ1) is 11.2. The third kappa shape index (κ3) is 2.64. The molecule has 2 atom stereocenters. The molecule has 0 bridgehead atoms. The van der Waals surface area contributed by atoms with Gasteiger partial charge in [0.2, 0.25) is 5.91 Å². The summed E-state index contributed by atoms with van der Waals surface area (Å²) < 4.78 is 39.5. The van der Waals surface area contributed by atoms with Crippen molar-refractivity contribution in [1.82, 2.24) is 9.80 Å². The zero-order valence-electron chi connectivity index (χ0n) is 13.1. The molecule has 1 amide bonds. The van der Waals surface area contributed by atoms with Crippen LogP contribution in [0.15, 0.2) is 12.1 Å². The molecule has 8 heteroatoms. The second kappa shape index (κ2) is 5.77. The van der Waals surface area contributed by atoms with Crippen molar-refractivity contribution in [3.05, 3.63) is 35.1 Å². The van der Waals surface area contributed by atoms with Crippen LogP contribution in [0.5, 0.6) is 0 Å². The van der Waals surface area contributed by atoms with Crippen LogP contribution < -0.4 is 0 Å². The lowest BCUT2D eigenvalue weighted by Gasteiger charge is -2.24. The van der Waals surface area contributed by atoms with E-state index in [-0.39, 0.29) is 24.4 Å². The maximum atomic E-state index is 13.2. The summed E-state index contributed by atoms with van der Waals surface area (Å²) in [4.78, 5) is 27.4. The van der Waals surface area contributed by atoms with Gasteiger partial charge in [0, 0.05) is 32.1 Å². The third-order valence-electron chi connectivity index (χ3n) is 4.96. The Kier molecular flexibility index (Phi) is 4.03. The van der Waals surface area contributed by atoms with E-state index in [0.29, 0.717) is 19.6 Å². The Bertz CT molecular complexity index is 689. The molecule has 3 rings (SSSR count). The molecule has 1 aromatic rings. The Morgan fingerprint density at radius 3 is 2.38 bits per heavy atom. The van der Waals surface area contributed by atoms with Gasteiger partial charge in [-0.05, 0) is 24.7 Å². The summed E-state index contributed by atoms with van der Waals surface area (Å²) in [5, 5.41) is 9.58. The van der Waals surface area contributed by atoms with Crippen LogP contribution in [0.2, 0.25) is 0 Å². The summed E-state index contributed by atoms with van der Waals surface area (Å²) in [6.07, 6.45) is -0.299. The van der Waals surface area contributed by atoms with E-state index in [0.717, 1.165) is 12.1 Å². The summed E-state index contributed by atoms with van der Waals surface area (Å²) in [7, 11) is 1.83. The molecule has 2 saturated heterocycles. The Morgan fingerprint density at radius 2 is 1.83 bits per heavy atom. The number of fused-ring (bicyclic) bond motifs is 1. The van der Waals surface area contributed by atoms with Crippen LogP contribution in [-0.4, -0.2) is 60.0 Å². The van der Waals surface area contributed by atoms with Gasteiger partial charge in [-0.25, -0.2) is 13.2 Å². The number of hydrogen-bond acceptors (Lipinski definition) is 3. The molecule has 2 aliphatic heterocycles. The Morgan fingerprint density at radius 1 is 1.21 bits per heavy atom. The van der Waals surface area contributed by atoms with Gasteiger partial charge in [-0.1, -0.05) is 0 Å². The normalized spacial score (nSPS) is 26.7. The molecule has 0 unspecified atom stereocenters. The van der Waals surface area contributed by atoms with Crippen LogP contribution in [0.4, 0.5) is 13.2 Å². The molecular formula is C16H17F3N2O3. The van der Waals surface area contributed by atoms with E-state index in [4.69, 9.17) is 0 Å². The third-order valence-corrected chi connectivity index (χ3v) is 4.96. The molecule has 0 aliphatic carbocycles. The number of rotatable bonds is 3. The number of likely N-dealkylation sites (tertiary alicyclic amines) is 2. The molecule has 2 heterocycles. The van der Waals surface area contributed by atoms with Gasteiger partial charge < -0.3 is 14.9 Å². The average molecular weight is 342 g/mol. The number of carboxylic acids is 1. The number of nitrogens with zero attached hydrogens (tertiary/aromatic N) is 2. The highest BCUT2D eigenvalue weighted by atomic mass is 19.2. The molecule has 1 aromatic carbocycles. The maximum Gasteiger partial charge on any atom is 0.313 e. The van der Waals surface area contributed by atoms with E-state index < -0.39 is 34.7 Å². The summed E-state index contributed by atoms with van der Waals surface area (Å²) in [5.74, 6) is -5.80. The van der Waals surface area contributed by atoms with E-state index in [1.807, 2.05) is 11.9 Å². The SMILES string of the molecule is CN1C[C@H]2CN(C(=O)Cc3cc(F)c(F)c(F)c3)C[C@@]2(C(=O)O)C1. The summed E-state index contributed by atoms with van der Waals surface area (Å²) in [6.45, 7) is 1.30. The lowest BCUT2D eigenvalue weighted by molar-refractivity contribution is -0.149. The zero-order chi connectivity index (χ0) is 17.6. The fourth-order valence-electron chi connectivity index (χ4n) is 3.81. The first-order valence-electron chi connectivity index (χ1n) is 7.56. The Balaban J connectivity index is 1.75. The molecule has 130 valence electrons. The minimum Gasteiger partial charge on any atom is -0.481 e. The number of hydrogen-bond donors (Lipinski definition) is 1. The van der Waals surface area contributed by atoms with Gasteiger partial charge in [-0.15, -0.1) is 0 Å². The molecule has 0 radical (unpaired) electrons. The molecule has 5 nitrogen and oxygen atoms in total. The summed E-state index contributed by atoms with van der Waals surface area (Å²) in [6, 6.07) is 1.57. The van der Waals surface area contributed by atoms with E-state index in [9.17, 15) is 27.9 Å². The largest absolute Gasteiger partial charge is 0.481 e. The maximum absolute atomic E-state index is 13.2. The van der Waals surface area contributed by atoms with Gasteiger partial charge in [0.1, 0.15) is 5.41 Å². The van der Waals surface area contributed by atoms with Crippen LogP contribution in [0.3, 0.4) is 0 Å². The van der Waals surface area contributed by atoms with Gasteiger partial charge in [-0.3, -0.25) is 9.59 Å². The second-order valence-electron chi connectivity index (χ2n) is 6.68. The molecule has 2 aliphatic rings. The fourth-order valence-corrected chi connectivity index (χ4v) is 3.81. The smallest absolute Gasteiger partial charge is 0.313 e. The van der Waals surface area contributed by atoms with E-state index >= 15 is 0 Å². The topological polar surface area (TPSA) is 60.9 Å². The van der Waals surface area contributed by atoms with Crippen molar-refractivity contribution in [2.75, 3.05) is 33.2 Å². The second-order valence-corrected chi connectivity index (χ2v) is 6.68. The molecule has 24 heavy (non-hydrogen) atoms. The van der Waals surface area contributed by atoms with Crippen molar-refractivity contribution in [2.24, 2.45) is 11.3 Å². The Hall–Kier alpha value is -2.09. The predicted octanol–water partition coefficient (Wildman–Crippen LogP) is 1.12. The van der Waals surface area contributed by atoms with Crippen molar-refractivity contribution >= 4 is 11.9 Å². The van der Waals surface area contributed by atoms with Gasteiger partial charge in [-0.2, -0.15) is 0 Å². The number of amides is 1. The molecule has 0 saturated carbocycles. The highest BCUT2D eigenvalue weighted by Crippen LogP contribution is 2.42. The molecule has 1 N–H and O–H groups in total. The number of carboxylic acid groups (broad SMARTS) is 1. The van der Waals surface area contributed by atoms with Crippen molar-refractivity contribution in [2.45, 2.75) is 6.42 Å². The van der Waals surface area contributed by atoms with Gasteiger partial charge in [0.05, 0.1) is 6.42 Å². The van der Waals surface area contributed by atoms with Crippen molar-refractivity contribution in [1.29, 1.82) is 0 Å². The molecule has 0 spiro atoms. The zero-order valence-corrected chi connectivity index (χ0v) is 13.1. The van der Waals surface area contributed by atoms with Crippen molar-refractivity contribution < 1.29 is 27.9 Å².